The van der Waals surface area contributed by atoms with Crippen molar-refractivity contribution in [3.63, 3.8) is 0 Å². The van der Waals surface area contributed by atoms with Crippen molar-refractivity contribution in [1.29, 1.82) is 0 Å². The van der Waals surface area contributed by atoms with E-state index in [0.717, 1.165) is 22.5 Å². The molecule has 24 heavy (non-hydrogen) atoms. The van der Waals surface area contributed by atoms with E-state index in [1.807, 2.05) is 4.90 Å². The Labute approximate surface area is 140 Å². The number of benzene rings is 1. The molecule has 0 aliphatic carbocycles. The minimum Gasteiger partial charge on any atom is -0.347 e. The van der Waals surface area contributed by atoms with Gasteiger partial charge in [0, 0.05) is 40.3 Å². The van der Waals surface area contributed by atoms with E-state index in [1.54, 1.807) is 21.0 Å². The quantitative estimate of drug-likeness (QED) is 0.794. The lowest BCUT2D eigenvalue weighted by Gasteiger charge is -2.37. The van der Waals surface area contributed by atoms with Gasteiger partial charge >= 0.3 is 0 Å². The van der Waals surface area contributed by atoms with Crippen molar-refractivity contribution in [2.75, 3.05) is 40.3 Å². The molecule has 1 aromatic carbocycles. The molecule has 0 saturated carbocycles. The number of carbonyl (C=O) groups is 1. The van der Waals surface area contributed by atoms with E-state index in [9.17, 15) is 22.0 Å². The molecule has 0 unspecified atom stereocenters. The first-order valence-electron chi connectivity index (χ1n) is 7.55. The molecule has 0 aromatic heterocycles. The lowest BCUT2D eigenvalue weighted by atomic mass is 10.2. The highest BCUT2D eigenvalue weighted by Crippen LogP contribution is 2.24. The van der Waals surface area contributed by atoms with E-state index in [0.29, 0.717) is 13.1 Å². The second-order valence-corrected chi connectivity index (χ2v) is 7.77. The third-order valence-electron chi connectivity index (χ3n) is 4.14. The normalized spacial score (nSPS) is 18.4. The summed E-state index contributed by atoms with van der Waals surface area (Å²) in [6.07, 6.45) is 0. The molecular weight excluding hydrogens is 340 g/mol. The topological polar surface area (TPSA) is 60.9 Å². The van der Waals surface area contributed by atoms with Gasteiger partial charge in [0.1, 0.15) is 11.6 Å². The van der Waals surface area contributed by atoms with Gasteiger partial charge in [-0.05, 0) is 19.1 Å². The van der Waals surface area contributed by atoms with Gasteiger partial charge in [-0.25, -0.2) is 17.2 Å². The number of rotatable bonds is 4. The van der Waals surface area contributed by atoms with Gasteiger partial charge in [-0.15, -0.1) is 0 Å². The maximum atomic E-state index is 13.8. The smallest absolute Gasteiger partial charge is 0.249 e. The number of piperazine rings is 1. The third kappa shape index (κ3) is 3.57. The van der Waals surface area contributed by atoms with Crippen LogP contribution in [0.4, 0.5) is 8.78 Å². The largest absolute Gasteiger partial charge is 0.347 e. The summed E-state index contributed by atoms with van der Waals surface area (Å²) in [5, 5.41) is 0. The third-order valence-corrected chi connectivity index (χ3v) is 6.09. The molecule has 1 amide bonds. The number of hydrogen-bond acceptors (Lipinski definition) is 4. The van der Waals surface area contributed by atoms with Crippen LogP contribution in [0.5, 0.6) is 0 Å². The van der Waals surface area contributed by atoms with Gasteiger partial charge in [-0.3, -0.25) is 9.69 Å². The van der Waals surface area contributed by atoms with Crippen LogP contribution in [0.3, 0.4) is 0 Å². The van der Waals surface area contributed by atoms with Gasteiger partial charge in [0.25, 0.3) is 0 Å². The average Bonchev–Trinajstić information content (AvgIpc) is 2.53. The molecule has 6 nitrogen and oxygen atoms in total. The fraction of sp³-hybridized carbons (Fsp3) is 0.533. The van der Waals surface area contributed by atoms with Crippen molar-refractivity contribution in [3.05, 3.63) is 29.8 Å². The van der Waals surface area contributed by atoms with Crippen LogP contribution in [0.25, 0.3) is 0 Å². The Hall–Kier alpha value is -1.58. The number of amides is 1. The fourth-order valence-corrected chi connectivity index (χ4v) is 4.25. The predicted molar refractivity (Wildman–Crippen MR) is 84.8 cm³/mol. The lowest BCUT2D eigenvalue weighted by molar-refractivity contribution is -0.134. The van der Waals surface area contributed by atoms with Crippen LogP contribution in [-0.2, 0) is 14.8 Å². The molecule has 1 saturated heterocycles. The zero-order valence-corrected chi connectivity index (χ0v) is 14.7. The summed E-state index contributed by atoms with van der Waals surface area (Å²) < 4.78 is 53.6. The van der Waals surface area contributed by atoms with Crippen LogP contribution in [0.15, 0.2) is 23.1 Å². The molecule has 1 aliphatic heterocycles. The first-order valence-corrected chi connectivity index (χ1v) is 8.99. The molecule has 9 heteroatoms. The molecular formula is C15H21F2N3O3S. The van der Waals surface area contributed by atoms with E-state index >= 15 is 0 Å². The number of nitrogens with zero attached hydrogens (tertiary/aromatic N) is 3. The number of sulfonamides is 1. The Kier molecular flexibility index (Phi) is 5.56. The number of carbonyl (C=O) groups excluding carboxylic acids is 1. The molecule has 134 valence electrons. The first-order chi connectivity index (χ1) is 11.2. The Morgan fingerprint density at radius 2 is 1.62 bits per heavy atom. The number of halogens is 2. The second kappa shape index (κ2) is 7.12. The van der Waals surface area contributed by atoms with Crippen LogP contribution in [0, 0.1) is 11.6 Å². The molecule has 1 aliphatic rings. The Balaban J connectivity index is 2.13. The maximum absolute atomic E-state index is 13.8. The van der Waals surface area contributed by atoms with Crippen molar-refractivity contribution in [2.24, 2.45) is 0 Å². The first kappa shape index (κ1) is 18.8. The zero-order valence-electron chi connectivity index (χ0n) is 13.9. The molecule has 1 aromatic rings. The standard InChI is InChI=1S/C15H21F2N3O3S/c1-11(15(21)18(2)3)19-7-9-20(10-8-19)24(22,23)14-12(16)5-4-6-13(14)17/h4-6,11H,7-10H2,1-3H3/t11-/m1/s1. The monoisotopic (exact) mass is 361 g/mol. The minimum atomic E-state index is -4.25. The lowest BCUT2D eigenvalue weighted by Crippen LogP contribution is -2.54. The van der Waals surface area contributed by atoms with Gasteiger partial charge in [-0.2, -0.15) is 4.31 Å². The van der Waals surface area contributed by atoms with Crippen LogP contribution >= 0.6 is 0 Å². The molecule has 1 fully saturated rings. The fourth-order valence-electron chi connectivity index (χ4n) is 2.72. The highest BCUT2D eigenvalue weighted by molar-refractivity contribution is 7.89. The maximum Gasteiger partial charge on any atom is 0.249 e. The van der Waals surface area contributed by atoms with Crippen LogP contribution < -0.4 is 0 Å². The highest BCUT2D eigenvalue weighted by Gasteiger charge is 2.35. The van der Waals surface area contributed by atoms with Crippen LogP contribution in [-0.4, -0.2) is 74.7 Å². The Bertz CT molecular complexity index is 696. The summed E-state index contributed by atoms with van der Waals surface area (Å²) in [5.74, 6) is -2.28. The molecule has 0 bridgehead atoms. The summed E-state index contributed by atoms with van der Waals surface area (Å²) in [4.78, 5) is 14.4. The Morgan fingerprint density at radius 1 is 1.12 bits per heavy atom. The van der Waals surface area contributed by atoms with Gasteiger partial charge in [0.2, 0.25) is 15.9 Å². The van der Waals surface area contributed by atoms with Crippen molar-refractivity contribution in [1.82, 2.24) is 14.1 Å². The van der Waals surface area contributed by atoms with E-state index in [1.165, 1.54) is 4.90 Å². The molecule has 0 spiro atoms. The second-order valence-electron chi connectivity index (χ2n) is 5.90. The predicted octanol–water partition coefficient (Wildman–Crippen LogP) is 0.748. The number of likely N-dealkylation sites (N-methyl/N-ethyl adjacent to an activating group) is 1. The zero-order chi connectivity index (χ0) is 18.1. The van der Waals surface area contributed by atoms with Crippen molar-refractivity contribution in [3.8, 4) is 0 Å². The van der Waals surface area contributed by atoms with E-state index in [2.05, 4.69) is 0 Å². The molecule has 0 N–H and O–H groups in total. The Morgan fingerprint density at radius 3 is 2.08 bits per heavy atom. The summed E-state index contributed by atoms with van der Waals surface area (Å²) in [5.41, 5.74) is 0. The van der Waals surface area contributed by atoms with Gasteiger partial charge in [0.05, 0.1) is 6.04 Å². The van der Waals surface area contributed by atoms with Crippen molar-refractivity contribution < 1.29 is 22.0 Å². The summed E-state index contributed by atoms with van der Waals surface area (Å²) >= 11 is 0. The van der Waals surface area contributed by atoms with Crippen LogP contribution in [0.2, 0.25) is 0 Å². The summed E-state index contributed by atoms with van der Waals surface area (Å²) in [7, 11) is -0.941. The van der Waals surface area contributed by atoms with Crippen LogP contribution in [0.1, 0.15) is 6.92 Å². The number of hydrogen-bond donors (Lipinski definition) is 0. The highest BCUT2D eigenvalue weighted by atomic mass is 32.2. The SMILES string of the molecule is C[C@H](C(=O)N(C)C)N1CCN(S(=O)(=O)c2c(F)cccc2F)CC1. The molecule has 0 radical (unpaired) electrons. The van der Waals surface area contributed by atoms with Crippen molar-refractivity contribution in [2.45, 2.75) is 17.9 Å². The van der Waals surface area contributed by atoms with Crippen molar-refractivity contribution >= 4 is 15.9 Å². The van der Waals surface area contributed by atoms with E-state index in [4.69, 9.17) is 0 Å². The van der Waals surface area contributed by atoms with Gasteiger partial charge in [-0.1, -0.05) is 6.07 Å². The minimum absolute atomic E-state index is 0.0706. The van der Waals surface area contributed by atoms with Gasteiger partial charge < -0.3 is 4.90 Å². The van der Waals surface area contributed by atoms with E-state index in [-0.39, 0.29) is 25.0 Å². The van der Waals surface area contributed by atoms with Gasteiger partial charge in [0.15, 0.2) is 4.90 Å². The summed E-state index contributed by atoms with van der Waals surface area (Å²) in [6, 6.07) is 2.58. The molecule has 1 atom stereocenters. The average molecular weight is 361 g/mol. The molecule has 2 rings (SSSR count). The molecule has 1 heterocycles. The summed E-state index contributed by atoms with van der Waals surface area (Å²) in [6.45, 7) is 2.53. The van der Waals surface area contributed by atoms with E-state index < -0.39 is 26.6 Å².